The van der Waals surface area contributed by atoms with Crippen molar-refractivity contribution in [2.75, 3.05) is 25.0 Å². The second kappa shape index (κ2) is 12.0. The van der Waals surface area contributed by atoms with Crippen molar-refractivity contribution in [3.8, 4) is 5.75 Å². The van der Waals surface area contributed by atoms with Crippen molar-refractivity contribution in [3.05, 3.63) is 58.1 Å². The standard InChI is InChI=1S/C26H33BrN2O3/c1-3-4-5-6-16-32-24-11-10-21(27)18-23(24)25(30)28-22-9-7-8-20(17-22)26(31)29-14-12-19(2)13-15-29/h7-11,17-19H,3-6,12-16H2,1-2H3,(H,28,30). The van der Waals surface area contributed by atoms with Crippen LogP contribution in [0.3, 0.4) is 0 Å². The van der Waals surface area contributed by atoms with Gasteiger partial charge in [-0.05, 0) is 61.6 Å². The lowest BCUT2D eigenvalue weighted by atomic mass is 9.98. The van der Waals surface area contributed by atoms with Crippen molar-refractivity contribution in [1.29, 1.82) is 0 Å². The normalized spacial score (nSPS) is 14.3. The van der Waals surface area contributed by atoms with Gasteiger partial charge >= 0.3 is 0 Å². The van der Waals surface area contributed by atoms with Crippen LogP contribution in [0.15, 0.2) is 46.9 Å². The number of hydrogen-bond donors (Lipinski definition) is 1. The molecule has 0 saturated carbocycles. The molecule has 2 aromatic carbocycles. The fraction of sp³-hybridized carbons (Fsp3) is 0.462. The SMILES string of the molecule is CCCCCCOc1ccc(Br)cc1C(=O)Nc1cccc(C(=O)N2CCC(C)CC2)c1. The molecule has 0 radical (unpaired) electrons. The number of rotatable bonds is 9. The molecule has 1 saturated heterocycles. The number of hydrogen-bond acceptors (Lipinski definition) is 3. The molecule has 1 heterocycles. The van der Waals surface area contributed by atoms with Gasteiger partial charge in [0.2, 0.25) is 0 Å². The van der Waals surface area contributed by atoms with Crippen molar-refractivity contribution in [2.45, 2.75) is 52.4 Å². The summed E-state index contributed by atoms with van der Waals surface area (Å²) in [4.78, 5) is 27.8. The largest absolute Gasteiger partial charge is 0.493 e. The van der Waals surface area contributed by atoms with Crippen LogP contribution in [0.25, 0.3) is 0 Å². The van der Waals surface area contributed by atoms with Crippen LogP contribution < -0.4 is 10.1 Å². The number of ether oxygens (including phenoxy) is 1. The number of benzene rings is 2. The maximum absolute atomic E-state index is 13.0. The lowest BCUT2D eigenvalue weighted by molar-refractivity contribution is 0.0697. The van der Waals surface area contributed by atoms with E-state index in [1.807, 2.05) is 23.1 Å². The molecule has 0 atom stereocenters. The van der Waals surface area contributed by atoms with Crippen LogP contribution in [-0.4, -0.2) is 36.4 Å². The Hall–Kier alpha value is -2.34. The summed E-state index contributed by atoms with van der Waals surface area (Å²) in [5, 5.41) is 2.93. The first kappa shape index (κ1) is 24.3. The Balaban J connectivity index is 1.67. The first-order valence-corrected chi connectivity index (χ1v) is 12.4. The highest BCUT2D eigenvalue weighted by atomic mass is 79.9. The molecule has 2 aromatic rings. The molecule has 5 nitrogen and oxygen atoms in total. The lowest BCUT2D eigenvalue weighted by Crippen LogP contribution is -2.37. The number of anilines is 1. The van der Waals surface area contributed by atoms with E-state index in [1.165, 1.54) is 12.8 Å². The monoisotopic (exact) mass is 500 g/mol. The Bertz CT molecular complexity index is 923. The van der Waals surface area contributed by atoms with Crippen molar-refractivity contribution in [3.63, 3.8) is 0 Å². The molecule has 32 heavy (non-hydrogen) atoms. The number of amides is 2. The summed E-state index contributed by atoms with van der Waals surface area (Å²) in [6.07, 6.45) is 6.50. The number of carbonyl (C=O) groups excluding carboxylic acids is 2. The Morgan fingerprint density at radius 1 is 1.09 bits per heavy atom. The summed E-state index contributed by atoms with van der Waals surface area (Å²) in [6.45, 7) is 6.55. The van der Waals surface area contributed by atoms with Crippen LogP contribution >= 0.6 is 15.9 Å². The van der Waals surface area contributed by atoms with Crippen LogP contribution in [-0.2, 0) is 0 Å². The van der Waals surface area contributed by atoms with Crippen LogP contribution in [0.5, 0.6) is 5.75 Å². The van der Waals surface area contributed by atoms with Gasteiger partial charge in [0.05, 0.1) is 12.2 Å². The second-order valence-electron chi connectivity index (χ2n) is 8.56. The van der Waals surface area contributed by atoms with Crippen LogP contribution in [0.2, 0.25) is 0 Å². The summed E-state index contributed by atoms with van der Waals surface area (Å²) >= 11 is 3.45. The number of unbranched alkanes of at least 4 members (excludes halogenated alkanes) is 3. The predicted octanol–water partition coefficient (Wildman–Crippen LogP) is 6.53. The third-order valence-corrected chi connectivity index (χ3v) is 6.37. The number of carbonyl (C=O) groups is 2. The summed E-state index contributed by atoms with van der Waals surface area (Å²) in [7, 11) is 0. The zero-order valence-corrected chi connectivity index (χ0v) is 20.6. The second-order valence-corrected chi connectivity index (χ2v) is 9.47. The van der Waals surface area contributed by atoms with E-state index in [4.69, 9.17) is 4.74 Å². The maximum atomic E-state index is 13.0. The molecule has 1 aliphatic rings. The minimum Gasteiger partial charge on any atom is -0.493 e. The molecular weight excluding hydrogens is 468 g/mol. The van der Waals surface area contributed by atoms with Crippen molar-refractivity contribution >= 4 is 33.4 Å². The molecule has 172 valence electrons. The minimum absolute atomic E-state index is 0.0200. The van der Waals surface area contributed by atoms with E-state index in [0.717, 1.165) is 43.2 Å². The highest BCUT2D eigenvalue weighted by Crippen LogP contribution is 2.25. The molecule has 0 spiro atoms. The molecule has 6 heteroatoms. The number of nitrogens with zero attached hydrogens (tertiary/aromatic N) is 1. The molecular formula is C26H33BrN2O3. The van der Waals surface area contributed by atoms with Crippen LogP contribution in [0.1, 0.15) is 73.1 Å². The molecule has 1 N–H and O–H groups in total. The Labute approximate surface area is 199 Å². The number of piperidine rings is 1. The third kappa shape index (κ3) is 6.83. The quantitative estimate of drug-likeness (QED) is 0.398. The fourth-order valence-corrected chi connectivity index (χ4v) is 4.20. The highest BCUT2D eigenvalue weighted by Gasteiger charge is 2.22. The van der Waals surface area contributed by atoms with E-state index in [9.17, 15) is 9.59 Å². The number of halogens is 1. The van der Waals surface area contributed by atoms with E-state index in [-0.39, 0.29) is 11.8 Å². The number of likely N-dealkylation sites (tertiary alicyclic amines) is 1. The van der Waals surface area contributed by atoms with Gasteiger partial charge in [-0.3, -0.25) is 9.59 Å². The van der Waals surface area contributed by atoms with Gasteiger partial charge in [0.25, 0.3) is 11.8 Å². The van der Waals surface area contributed by atoms with E-state index in [2.05, 4.69) is 35.1 Å². The van der Waals surface area contributed by atoms with Gasteiger partial charge in [0, 0.05) is 28.8 Å². The average molecular weight is 501 g/mol. The summed E-state index contributed by atoms with van der Waals surface area (Å²) in [6, 6.07) is 12.6. The third-order valence-electron chi connectivity index (χ3n) is 5.88. The smallest absolute Gasteiger partial charge is 0.259 e. The summed E-state index contributed by atoms with van der Waals surface area (Å²) in [5.74, 6) is 0.993. The summed E-state index contributed by atoms with van der Waals surface area (Å²) < 4.78 is 6.71. The Morgan fingerprint density at radius 3 is 2.62 bits per heavy atom. The van der Waals surface area contributed by atoms with Crippen LogP contribution in [0, 0.1) is 5.92 Å². The molecule has 0 unspecified atom stereocenters. The summed E-state index contributed by atoms with van der Waals surface area (Å²) in [5.41, 5.74) is 1.66. The lowest BCUT2D eigenvalue weighted by Gasteiger charge is -2.30. The van der Waals surface area contributed by atoms with Gasteiger partial charge in [-0.25, -0.2) is 0 Å². The zero-order valence-electron chi connectivity index (χ0n) is 19.0. The van der Waals surface area contributed by atoms with E-state index in [0.29, 0.717) is 35.1 Å². The fourth-order valence-electron chi connectivity index (χ4n) is 3.84. The number of nitrogens with one attached hydrogen (secondary N) is 1. The molecule has 0 aliphatic carbocycles. The molecule has 2 amide bonds. The van der Waals surface area contributed by atoms with Gasteiger partial charge in [0.1, 0.15) is 5.75 Å². The minimum atomic E-state index is -0.258. The molecule has 0 aromatic heterocycles. The molecule has 1 aliphatic heterocycles. The van der Waals surface area contributed by atoms with Crippen molar-refractivity contribution in [1.82, 2.24) is 4.90 Å². The Morgan fingerprint density at radius 2 is 1.88 bits per heavy atom. The first-order valence-electron chi connectivity index (χ1n) is 11.6. The van der Waals surface area contributed by atoms with Gasteiger partial charge in [-0.15, -0.1) is 0 Å². The maximum Gasteiger partial charge on any atom is 0.259 e. The van der Waals surface area contributed by atoms with E-state index in [1.54, 1.807) is 24.3 Å². The van der Waals surface area contributed by atoms with E-state index < -0.39 is 0 Å². The van der Waals surface area contributed by atoms with Gasteiger partial charge in [-0.1, -0.05) is 55.1 Å². The highest BCUT2D eigenvalue weighted by molar-refractivity contribution is 9.10. The molecule has 3 rings (SSSR count). The van der Waals surface area contributed by atoms with Gasteiger partial charge in [0.15, 0.2) is 0 Å². The Kier molecular flexibility index (Phi) is 9.15. The topological polar surface area (TPSA) is 58.6 Å². The predicted molar refractivity (Wildman–Crippen MR) is 132 cm³/mol. The van der Waals surface area contributed by atoms with Gasteiger partial charge < -0.3 is 15.0 Å². The average Bonchev–Trinajstić information content (AvgIpc) is 2.80. The van der Waals surface area contributed by atoms with Crippen LogP contribution in [0.4, 0.5) is 5.69 Å². The van der Waals surface area contributed by atoms with Crippen molar-refractivity contribution in [2.24, 2.45) is 5.92 Å². The van der Waals surface area contributed by atoms with Gasteiger partial charge in [-0.2, -0.15) is 0 Å². The zero-order chi connectivity index (χ0) is 22.9. The molecule has 1 fully saturated rings. The van der Waals surface area contributed by atoms with E-state index >= 15 is 0 Å². The first-order chi connectivity index (χ1) is 15.5. The molecule has 0 bridgehead atoms. The van der Waals surface area contributed by atoms with Crippen molar-refractivity contribution < 1.29 is 14.3 Å².